The number of Topliss-reactive ketones (excluding diaryl/α,β-unsaturated/α-hetero) is 1. The predicted octanol–water partition coefficient (Wildman–Crippen LogP) is 4.56. The third-order valence-corrected chi connectivity index (χ3v) is 4.09. The second-order valence-corrected chi connectivity index (χ2v) is 6.36. The highest BCUT2D eigenvalue weighted by molar-refractivity contribution is 6.46. The van der Waals surface area contributed by atoms with Gasteiger partial charge in [0.1, 0.15) is 5.75 Å². The number of nitrogens with one attached hydrogen (secondary N) is 1. The summed E-state index contributed by atoms with van der Waals surface area (Å²) >= 11 is 0. The summed E-state index contributed by atoms with van der Waals surface area (Å²) in [7, 11) is 0. The van der Waals surface area contributed by atoms with Crippen LogP contribution in [0.25, 0.3) is 0 Å². The molecule has 0 aliphatic rings. The van der Waals surface area contributed by atoms with E-state index < -0.39 is 23.8 Å². The molecule has 2 aromatic carbocycles. The van der Waals surface area contributed by atoms with E-state index in [9.17, 15) is 22.8 Å². The third-order valence-electron chi connectivity index (χ3n) is 4.09. The Morgan fingerprint density at radius 3 is 2.28 bits per heavy atom. The minimum Gasteiger partial charge on any atom is -0.406 e. The van der Waals surface area contributed by atoms with Crippen molar-refractivity contribution in [2.24, 2.45) is 0 Å². The van der Waals surface area contributed by atoms with E-state index in [0.717, 1.165) is 23.3 Å². The number of aromatic nitrogens is 1. The van der Waals surface area contributed by atoms with E-state index in [1.807, 2.05) is 31.2 Å². The van der Waals surface area contributed by atoms with E-state index in [0.29, 0.717) is 6.54 Å². The van der Waals surface area contributed by atoms with Gasteiger partial charge in [-0.1, -0.05) is 29.8 Å². The molecule has 0 radical (unpaired) electrons. The van der Waals surface area contributed by atoms with E-state index in [1.54, 1.807) is 16.8 Å². The van der Waals surface area contributed by atoms with Crippen LogP contribution in [0.15, 0.2) is 66.9 Å². The second kappa shape index (κ2) is 8.22. The van der Waals surface area contributed by atoms with Gasteiger partial charge in [-0.15, -0.1) is 13.2 Å². The van der Waals surface area contributed by atoms with Gasteiger partial charge in [-0.2, -0.15) is 0 Å². The van der Waals surface area contributed by atoms with Crippen molar-refractivity contribution in [1.29, 1.82) is 0 Å². The van der Waals surface area contributed by atoms with Gasteiger partial charge in [0, 0.05) is 18.4 Å². The van der Waals surface area contributed by atoms with Crippen LogP contribution in [0.1, 0.15) is 21.6 Å². The average molecular weight is 402 g/mol. The number of anilines is 1. The minimum atomic E-state index is -4.80. The fourth-order valence-corrected chi connectivity index (χ4v) is 2.69. The number of aryl methyl sites for hydroxylation is 1. The maximum atomic E-state index is 12.5. The first-order valence-electron chi connectivity index (χ1n) is 8.63. The van der Waals surface area contributed by atoms with Gasteiger partial charge in [-0.25, -0.2) is 0 Å². The van der Waals surface area contributed by atoms with Crippen LogP contribution < -0.4 is 10.1 Å². The molecule has 1 N–H and O–H groups in total. The number of carbonyl (C=O) groups excluding carboxylic acids is 2. The molecule has 1 heterocycles. The highest BCUT2D eigenvalue weighted by Gasteiger charge is 2.31. The maximum Gasteiger partial charge on any atom is 0.573 e. The summed E-state index contributed by atoms with van der Waals surface area (Å²) in [6.45, 7) is 2.39. The highest BCUT2D eigenvalue weighted by Crippen LogP contribution is 2.24. The Hall–Kier alpha value is -3.55. The third kappa shape index (κ3) is 5.47. The van der Waals surface area contributed by atoms with Crippen molar-refractivity contribution < 1.29 is 27.5 Å². The van der Waals surface area contributed by atoms with E-state index in [-0.39, 0.29) is 11.4 Å². The van der Waals surface area contributed by atoms with Crippen LogP contribution in [-0.2, 0) is 11.3 Å². The van der Waals surface area contributed by atoms with Crippen LogP contribution in [0.3, 0.4) is 0 Å². The zero-order valence-corrected chi connectivity index (χ0v) is 15.4. The number of hydrogen-bond acceptors (Lipinski definition) is 3. The molecule has 0 fully saturated rings. The van der Waals surface area contributed by atoms with Gasteiger partial charge >= 0.3 is 6.36 Å². The molecule has 8 heteroatoms. The molecule has 0 aliphatic heterocycles. The summed E-state index contributed by atoms with van der Waals surface area (Å²) in [4.78, 5) is 24.8. The average Bonchev–Trinajstić information content (AvgIpc) is 3.11. The number of carbonyl (C=O) groups is 2. The van der Waals surface area contributed by atoms with Gasteiger partial charge in [0.25, 0.3) is 11.7 Å². The van der Waals surface area contributed by atoms with Crippen LogP contribution in [-0.4, -0.2) is 22.6 Å². The van der Waals surface area contributed by atoms with Crippen LogP contribution in [0.4, 0.5) is 18.9 Å². The molecule has 0 bridgehead atoms. The van der Waals surface area contributed by atoms with Crippen LogP contribution in [0.2, 0.25) is 0 Å². The molecule has 0 unspecified atom stereocenters. The van der Waals surface area contributed by atoms with Gasteiger partial charge in [0.2, 0.25) is 0 Å². The molecule has 29 heavy (non-hydrogen) atoms. The van der Waals surface area contributed by atoms with Crippen LogP contribution in [0.5, 0.6) is 5.75 Å². The minimum absolute atomic E-state index is 0.175. The molecule has 3 rings (SSSR count). The van der Waals surface area contributed by atoms with Crippen LogP contribution >= 0.6 is 0 Å². The smallest absolute Gasteiger partial charge is 0.406 e. The Balaban J connectivity index is 1.67. The quantitative estimate of drug-likeness (QED) is 0.486. The molecule has 0 saturated carbocycles. The lowest BCUT2D eigenvalue weighted by Crippen LogP contribution is -2.25. The summed E-state index contributed by atoms with van der Waals surface area (Å²) in [5, 5.41) is 2.38. The molecule has 0 spiro atoms. The number of halogens is 3. The van der Waals surface area contributed by atoms with Crippen molar-refractivity contribution in [1.82, 2.24) is 4.57 Å². The first-order valence-corrected chi connectivity index (χ1v) is 8.63. The van der Waals surface area contributed by atoms with Gasteiger partial charge in [-0.05, 0) is 48.9 Å². The van der Waals surface area contributed by atoms with Crippen molar-refractivity contribution >= 4 is 17.4 Å². The lowest BCUT2D eigenvalue weighted by atomic mass is 10.1. The molecule has 0 atom stereocenters. The fraction of sp³-hybridized carbons (Fsp3) is 0.143. The molecule has 150 valence electrons. The predicted molar refractivity (Wildman–Crippen MR) is 101 cm³/mol. The van der Waals surface area contributed by atoms with Crippen LogP contribution in [0, 0.1) is 6.92 Å². The molecular formula is C21H17F3N2O3. The summed E-state index contributed by atoms with van der Waals surface area (Å²) in [6, 6.07) is 15.5. The molecule has 3 aromatic rings. The van der Waals surface area contributed by atoms with E-state index in [4.69, 9.17) is 0 Å². The van der Waals surface area contributed by atoms with Gasteiger partial charge < -0.3 is 14.6 Å². The molecule has 1 aromatic heterocycles. The molecular weight excluding hydrogens is 385 g/mol. The van der Waals surface area contributed by atoms with Crippen molar-refractivity contribution in [2.75, 3.05) is 5.32 Å². The summed E-state index contributed by atoms with van der Waals surface area (Å²) < 4.78 is 42.0. The first kappa shape index (κ1) is 20.2. The van der Waals surface area contributed by atoms with Crippen molar-refractivity contribution in [3.63, 3.8) is 0 Å². The number of rotatable bonds is 6. The molecule has 0 aliphatic carbocycles. The highest BCUT2D eigenvalue weighted by atomic mass is 19.4. The van der Waals surface area contributed by atoms with Crippen molar-refractivity contribution in [3.05, 3.63) is 83.7 Å². The lowest BCUT2D eigenvalue weighted by Gasteiger charge is -2.11. The topological polar surface area (TPSA) is 60.3 Å². The van der Waals surface area contributed by atoms with Crippen molar-refractivity contribution in [3.8, 4) is 5.75 Å². The fourth-order valence-electron chi connectivity index (χ4n) is 2.69. The van der Waals surface area contributed by atoms with Crippen molar-refractivity contribution in [2.45, 2.75) is 19.8 Å². The zero-order chi connectivity index (χ0) is 21.0. The number of benzene rings is 2. The standard InChI is InChI=1S/C21H17F3N2O3/c1-14-4-6-15(7-5-14)13-26-12-2-3-18(26)19(27)20(28)25-16-8-10-17(11-9-16)29-21(22,23)24/h2-12H,13H2,1H3,(H,25,28). The van der Waals surface area contributed by atoms with E-state index in [2.05, 4.69) is 10.1 Å². The number of amides is 1. The maximum absolute atomic E-state index is 12.5. The number of ketones is 1. The number of alkyl halides is 3. The lowest BCUT2D eigenvalue weighted by molar-refractivity contribution is -0.274. The SMILES string of the molecule is Cc1ccc(Cn2cccc2C(=O)C(=O)Nc2ccc(OC(F)(F)F)cc2)cc1. The summed E-state index contributed by atoms with van der Waals surface area (Å²) in [6.07, 6.45) is -3.10. The number of hydrogen-bond donors (Lipinski definition) is 1. The Bertz CT molecular complexity index is 1010. The van der Waals surface area contributed by atoms with Gasteiger partial charge in [0.05, 0.1) is 5.69 Å². The molecule has 0 saturated heterocycles. The number of nitrogens with zero attached hydrogens (tertiary/aromatic N) is 1. The largest absolute Gasteiger partial charge is 0.573 e. The van der Waals surface area contributed by atoms with Gasteiger partial charge in [-0.3, -0.25) is 9.59 Å². The summed E-state index contributed by atoms with van der Waals surface area (Å²) in [5.74, 6) is -2.06. The summed E-state index contributed by atoms with van der Waals surface area (Å²) in [5.41, 5.74) is 2.47. The Labute approximate surface area is 164 Å². The molecule has 5 nitrogen and oxygen atoms in total. The monoisotopic (exact) mass is 402 g/mol. The van der Waals surface area contributed by atoms with E-state index in [1.165, 1.54) is 18.2 Å². The Morgan fingerprint density at radius 2 is 1.66 bits per heavy atom. The normalized spacial score (nSPS) is 11.2. The van der Waals surface area contributed by atoms with Gasteiger partial charge in [0.15, 0.2) is 0 Å². The Morgan fingerprint density at radius 1 is 1.00 bits per heavy atom. The number of ether oxygens (including phenoxy) is 1. The van der Waals surface area contributed by atoms with E-state index >= 15 is 0 Å². The zero-order valence-electron chi connectivity index (χ0n) is 15.4. The second-order valence-electron chi connectivity index (χ2n) is 6.36. The molecule has 1 amide bonds. The first-order chi connectivity index (χ1) is 13.7. The Kier molecular flexibility index (Phi) is 5.72.